The van der Waals surface area contributed by atoms with Crippen molar-refractivity contribution >= 4 is 35.2 Å². The van der Waals surface area contributed by atoms with Gasteiger partial charge in [-0.05, 0) is 42.0 Å². The third-order valence-electron chi connectivity index (χ3n) is 6.26. The van der Waals surface area contributed by atoms with Crippen molar-refractivity contribution in [2.75, 3.05) is 0 Å². The summed E-state index contributed by atoms with van der Waals surface area (Å²) in [4.78, 5) is 63.8. The number of non-ortho nitro benzene ring substituents is 1. The molecule has 6 N–H and O–H groups in total. The lowest BCUT2D eigenvalue weighted by Crippen LogP contribution is -2.53. The van der Waals surface area contributed by atoms with Crippen LogP contribution in [-0.4, -0.2) is 58.5 Å². The van der Waals surface area contributed by atoms with Crippen LogP contribution in [0.1, 0.15) is 21.6 Å². The number of aromatic hydroxyl groups is 3. The maximum atomic E-state index is 13.2. The van der Waals surface area contributed by atoms with Crippen LogP contribution in [0.3, 0.4) is 0 Å². The molecule has 230 valence electrons. The van der Waals surface area contributed by atoms with E-state index in [-0.39, 0.29) is 34.9 Å². The smallest absolute Gasteiger partial charge is 0.300 e. The van der Waals surface area contributed by atoms with Crippen LogP contribution in [0.25, 0.3) is 11.8 Å². The molecule has 0 aliphatic carbocycles. The number of benzene rings is 3. The fourth-order valence-electron chi connectivity index (χ4n) is 4.06. The first-order valence-corrected chi connectivity index (χ1v) is 12.8. The van der Waals surface area contributed by atoms with Gasteiger partial charge in [0.25, 0.3) is 23.2 Å². The van der Waals surface area contributed by atoms with Crippen molar-refractivity contribution in [3.05, 3.63) is 116 Å². The second-order valence-corrected chi connectivity index (χ2v) is 9.25. The monoisotopic (exact) mass is 617 g/mol. The molecule has 1 heterocycles. The minimum atomic E-state index is -1.44. The average Bonchev–Trinajstić information content (AvgIpc) is 3.47. The Morgan fingerprint density at radius 3 is 2.36 bits per heavy atom. The number of hydrogen-bond donors (Lipinski definition) is 6. The van der Waals surface area contributed by atoms with Crippen molar-refractivity contribution in [1.29, 1.82) is 0 Å². The summed E-state index contributed by atoms with van der Waals surface area (Å²) in [6, 6.07) is 10.9. The molecule has 0 saturated carbocycles. The van der Waals surface area contributed by atoms with E-state index in [0.717, 1.165) is 24.3 Å². The molecule has 4 aromatic rings. The zero-order valence-corrected chi connectivity index (χ0v) is 22.9. The third-order valence-corrected chi connectivity index (χ3v) is 6.26. The molecule has 0 saturated heterocycles. The van der Waals surface area contributed by atoms with Gasteiger partial charge in [0, 0.05) is 30.5 Å². The summed E-state index contributed by atoms with van der Waals surface area (Å²) in [6.07, 6.45) is 4.41. The van der Waals surface area contributed by atoms with Gasteiger partial charge in [0.2, 0.25) is 5.91 Å². The molecular weight excluding hydrogens is 594 g/mol. The second kappa shape index (κ2) is 13.5. The summed E-state index contributed by atoms with van der Waals surface area (Å²) < 4.78 is 1.21. The van der Waals surface area contributed by atoms with Crippen molar-refractivity contribution in [3.63, 3.8) is 0 Å². The number of nitrogens with one attached hydrogen (secondary N) is 3. The number of rotatable bonds is 10. The molecule has 0 unspecified atom stereocenters. The lowest BCUT2D eigenvalue weighted by molar-refractivity contribution is -0.394. The Morgan fingerprint density at radius 1 is 0.911 bits per heavy atom. The Hall–Kier alpha value is -6.78. The van der Waals surface area contributed by atoms with Gasteiger partial charge in [0.15, 0.2) is 11.5 Å². The highest BCUT2D eigenvalue weighted by Crippen LogP contribution is 2.29. The maximum Gasteiger partial charge on any atom is 0.300 e. The summed E-state index contributed by atoms with van der Waals surface area (Å²) in [5.41, 5.74) is 3.38. The molecule has 3 aromatic carbocycles. The van der Waals surface area contributed by atoms with Crippen molar-refractivity contribution in [1.82, 2.24) is 25.7 Å². The van der Waals surface area contributed by atoms with Crippen molar-refractivity contribution in [3.8, 4) is 22.9 Å². The first-order valence-electron chi connectivity index (χ1n) is 12.8. The molecule has 4 rings (SSSR count). The number of aromatic nitrogens is 2. The second-order valence-electron chi connectivity index (χ2n) is 9.25. The normalized spacial score (nSPS) is 11.5. The fraction of sp³-hybridized carbons (Fsp3) is 0.0714. The number of carbonyl (C=O) groups is 3. The number of nitro groups is 2. The Bertz CT molecular complexity index is 1840. The summed E-state index contributed by atoms with van der Waals surface area (Å²) >= 11 is 0. The highest BCUT2D eigenvalue weighted by atomic mass is 16.6. The number of nitro benzene ring substituents is 2. The van der Waals surface area contributed by atoms with Crippen LogP contribution >= 0.6 is 0 Å². The van der Waals surface area contributed by atoms with E-state index >= 15 is 0 Å². The number of hydrogen-bond acceptors (Lipinski definition) is 11. The molecule has 0 bridgehead atoms. The number of para-hydroxylation sites is 1. The van der Waals surface area contributed by atoms with Gasteiger partial charge >= 0.3 is 0 Å². The molecule has 1 atom stereocenters. The van der Waals surface area contributed by atoms with E-state index in [9.17, 15) is 49.9 Å². The summed E-state index contributed by atoms with van der Waals surface area (Å²) in [5, 5.41) is 54.4. The largest absolute Gasteiger partial charge is 0.507 e. The van der Waals surface area contributed by atoms with Crippen LogP contribution in [0.2, 0.25) is 0 Å². The SMILES string of the molecule is O=C(/C=C/c1ccc(O)c(O)c1)N[C@@H](Cc1cncn1-c1ccc([N+](=O)[O-])cc1[N+](=O)[O-])C(=O)NNC(=O)c1ccccc1O. The maximum absolute atomic E-state index is 13.2. The number of phenols is 3. The molecular formula is C28H23N7O10. The van der Waals surface area contributed by atoms with Crippen LogP contribution in [0.15, 0.2) is 79.3 Å². The van der Waals surface area contributed by atoms with Crippen LogP contribution in [0.5, 0.6) is 17.2 Å². The van der Waals surface area contributed by atoms with Gasteiger partial charge in [-0.25, -0.2) is 4.98 Å². The molecule has 0 aliphatic heterocycles. The number of hydrazine groups is 1. The minimum Gasteiger partial charge on any atom is -0.507 e. The molecule has 0 radical (unpaired) electrons. The zero-order valence-electron chi connectivity index (χ0n) is 22.9. The van der Waals surface area contributed by atoms with E-state index in [1.807, 2.05) is 0 Å². The average molecular weight is 618 g/mol. The first kappa shape index (κ1) is 31.2. The number of imidazole rings is 1. The van der Waals surface area contributed by atoms with E-state index in [1.165, 1.54) is 65.6 Å². The Morgan fingerprint density at radius 2 is 1.67 bits per heavy atom. The summed E-state index contributed by atoms with van der Waals surface area (Å²) in [5.74, 6) is -3.76. The van der Waals surface area contributed by atoms with Gasteiger partial charge in [0.05, 0.1) is 27.8 Å². The van der Waals surface area contributed by atoms with Gasteiger partial charge in [0.1, 0.15) is 17.5 Å². The van der Waals surface area contributed by atoms with Crippen LogP contribution in [0.4, 0.5) is 11.4 Å². The lowest BCUT2D eigenvalue weighted by atomic mass is 10.1. The van der Waals surface area contributed by atoms with E-state index < -0.39 is 50.7 Å². The Labute approximate surface area is 252 Å². The summed E-state index contributed by atoms with van der Waals surface area (Å²) in [7, 11) is 0. The fourth-order valence-corrected chi connectivity index (χ4v) is 4.06. The lowest BCUT2D eigenvalue weighted by Gasteiger charge is -2.19. The van der Waals surface area contributed by atoms with Crippen LogP contribution in [0, 0.1) is 20.2 Å². The van der Waals surface area contributed by atoms with Crippen LogP contribution < -0.4 is 16.2 Å². The molecule has 17 nitrogen and oxygen atoms in total. The summed E-state index contributed by atoms with van der Waals surface area (Å²) in [6.45, 7) is 0. The van der Waals surface area contributed by atoms with Crippen molar-refractivity contribution in [2.45, 2.75) is 12.5 Å². The van der Waals surface area contributed by atoms with E-state index in [4.69, 9.17) is 0 Å². The number of phenolic OH excluding ortho intramolecular Hbond substituents is 3. The number of nitrogens with zero attached hydrogens (tertiary/aromatic N) is 4. The highest BCUT2D eigenvalue weighted by Gasteiger charge is 2.26. The predicted octanol–water partition coefficient (Wildman–Crippen LogP) is 2.01. The van der Waals surface area contributed by atoms with Gasteiger partial charge in [-0.3, -0.25) is 50.0 Å². The molecule has 0 aliphatic rings. The van der Waals surface area contributed by atoms with Crippen LogP contribution in [-0.2, 0) is 16.0 Å². The molecule has 0 spiro atoms. The minimum absolute atomic E-state index is 0.108. The molecule has 0 fully saturated rings. The van der Waals surface area contributed by atoms with E-state index in [1.54, 1.807) is 0 Å². The van der Waals surface area contributed by atoms with Crippen molar-refractivity contribution in [2.24, 2.45) is 0 Å². The quantitative estimate of drug-likeness (QED) is 0.0649. The van der Waals surface area contributed by atoms with Crippen molar-refractivity contribution < 1.29 is 39.5 Å². The first-order chi connectivity index (χ1) is 21.4. The van der Waals surface area contributed by atoms with Gasteiger partial charge in [-0.1, -0.05) is 18.2 Å². The van der Waals surface area contributed by atoms with Gasteiger partial charge in [-0.2, -0.15) is 0 Å². The van der Waals surface area contributed by atoms with Gasteiger partial charge < -0.3 is 20.6 Å². The standard InChI is InChI=1S/C28H23N7O10/c36-23-4-2-1-3-19(23)27(40)31-32-28(41)20(30-26(39)10-6-16-5-9-24(37)25(38)11-16)12-18-14-29-15-33(18)21-8-7-17(34(42)43)13-22(21)35(44)45/h1-11,13-15,20,36-38H,12H2,(H,30,39)(H,31,40)(H,32,41)/b10-6+/t20-/m0/s1. The molecule has 45 heavy (non-hydrogen) atoms. The van der Waals surface area contributed by atoms with E-state index in [2.05, 4.69) is 21.2 Å². The number of carbonyl (C=O) groups excluding carboxylic acids is 3. The Balaban J connectivity index is 1.61. The topological polar surface area (TPSA) is 252 Å². The molecule has 1 aromatic heterocycles. The zero-order chi connectivity index (χ0) is 32.7. The molecule has 17 heteroatoms. The predicted molar refractivity (Wildman–Crippen MR) is 155 cm³/mol. The number of amides is 3. The molecule has 3 amide bonds. The van der Waals surface area contributed by atoms with E-state index in [0.29, 0.717) is 5.56 Å². The third kappa shape index (κ3) is 7.55. The highest BCUT2D eigenvalue weighted by molar-refractivity contribution is 5.99. The van der Waals surface area contributed by atoms with Gasteiger partial charge in [-0.15, -0.1) is 0 Å². The Kier molecular flexibility index (Phi) is 9.32.